The quantitative estimate of drug-likeness (QED) is 0.225. The van der Waals surface area contributed by atoms with E-state index < -0.39 is 117 Å². The Morgan fingerprint density at radius 3 is 1.91 bits per heavy atom. The van der Waals surface area contributed by atoms with Crippen LogP contribution in [-0.4, -0.2) is 79.2 Å². The first kappa shape index (κ1) is 35.5. The lowest BCUT2D eigenvalue weighted by Gasteiger charge is -2.42. The summed E-state index contributed by atoms with van der Waals surface area (Å²) < 4.78 is 5.70. The average Bonchev–Trinajstić information content (AvgIpc) is 3.03. The summed E-state index contributed by atoms with van der Waals surface area (Å²) in [5, 5.41) is 57.6. The highest BCUT2D eigenvalue weighted by atomic mass is 16.6. The molecule has 6 aliphatic rings. The van der Waals surface area contributed by atoms with Crippen molar-refractivity contribution in [2.75, 3.05) is 0 Å². The van der Waals surface area contributed by atoms with E-state index in [1.807, 2.05) is 0 Å². The molecule has 1 amide bonds. The van der Waals surface area contributed by atoms with Crippen LogP contribution in [0, 0.1) is 36.5 Å². The molecule has 5 aliphatic heterocycles. The summed E-state index contributed by atoms with van der Waals surface area (Å²) in [5.41, 5.74) is -2.54. The second kappa shape index (κ2) is 13.4. The smallest absolute Gasteiger partial charge is 0.315 e. The molecule has 252 valence electrons. The maximum absolute atomic E-state index is 13.8. The molecule has 0 radical (unpaired) electrons. The summed E-state index contributed by atoms with van der Waals surface area (Å²) >= 11 is 0. The molecule has 1 saturated heterocycles. The van der Waals surface area contributed by atoms with Crippen molar-refractivity contribution in [2.45, 2.75) is 72.9 Å². The summed E-state index contributed by atoms with van der Waals surface area (Å²) in [6, 6.07) is 0. The molecule has 1 aromatic rings. The van der Waals surface area contributed by atoms with Crippen molar-refractivity contribution in [1.29, 1.82) is 0 Å². The Hall–Kier alpha value is -4.39. The van der Waals surface area contributed by atoms with Gasteiger partial charge in [-0.25, -0.2) is 0 Å². The Kier molecular flexibility index (Phi) is 10.1. The third kappa shape index (κ3) is 6.32. The van der Waals surface area contributed by atoms with Gasteiger partial charge in [-0.1, -0.05) is 52.0 Å². The summed E-state index contributed by atoms with van der Waals surface area (Å²) in [6.45, 7) is 10.6. The molecule has 12 heteroatoms. The van der Waals surface area contributed by atoms with Gasteiger partial charge in [0.05, 0.1) is 40.7 Å². The Balaban J connectivity index is 1.88. The number of aliphatic hydroxyl groups excluding tert-OH is 3. The number of phenols is 2. The Bertz CT molecular complexity index is 1670. The fourth-order valence-electron chi connectivity index (χ4n) is 6.45. The molecule has 0 spiro atoms. The van der Waals surface area contributed by atoms with Crippen LogP contribution in [0.3, 0.4) is 0 Å². The number of allylic oxidation sites excluding steroid dienone is 5. The summed E-state index contributed by atoms with van der Waals surface area (Å²) in [5.74, 6) is -9.98. The van der Waals surface area contributed by atoms with Crippen LogP contribution < -0.4 is 5.32 Å². The number of hydrogen-bond donors (Lipinski definition) is 6. The molecule has 9 atom stereocenters. The van der Waals surface area contributed by atoms with Gasteiger partial charge >= 0.3 is 5.97 Å². The number of ketones is 3. The zero-order valence-corrected chi connectivity index (χ0v) is 27.3. The molecule has 47 heavy (non-hydrogen) atoms. The number of carbonyl (C=O) groups is 5. The molecule has 1 fully saturated rings. The largest absolute Gasteiger partial charge is 0.507 e. The van der Waals surface area contributed by atoms with Crippen LogP contribution in [0.2, 0.25) is 0 Å². The predicted octanol–water partition coefficient (Wildman–Crippen LogP) is 2.60. The highest BCUT2D eigenvalue weighted by Gasteiger charge is 2.47. The van der Waals surface area contributed by atoms with Crippen LogP contribution in [0.15, 0.2) is 47.2 Å². The molecular weight excluding hydrogens is 610 g/mol. The van der Waals surface area contributed by atoms with Crippen molar-refractivity contribution < 1.29 is 54.2 Å². The number of benzene rings is 1. The zero-order valence-electron chi connectivity index (χ0n) is 27.3. The van der Waals surface area contributed by atoms with E-state index in [-0.39, 0.29) is 16.7 Å². The number of rotatable bonds is 0. The standard InChI is InChI=1S/C35H41NO11/c1-13-9-8-10-14(2)34(45)36-21-12-22(37)23-24(30(42)17(5)31(43)25(23)32(21)44)27(39)15(3)11-20-29(41)19(7)33(47-35(20)46)18(6)28(40)16(4)26(13)38/h8-13,16,18-20,26,28-29,33,38,40-43H,1-7H3,(H,36,45)/b9-8+,14-10-,15-11-/t13-,16+,18+,19+,20?,26-,28+,29+,33+/m0/s1. The average molecular weight is 652 g/mol. The van der Waals surface area contributed by atoms with Gasteiger partial charge in [0, 0.05) is 40.9 Å². The summed E-state index contributed by atoms with van der Waals surface area (Å²) in [4.78, 5) is 66.9. The van der Waals surface area contributed by atoms with Crippen molar-refractivity contribution >= 4 is 29.2 Å². The minimum absolute atomic E-state index is 0.128. The number of amides is 1. The van der Waals surface area contributed by atoms with E-state index in [0.717, 1.165) is 12.2 Å². The lowest BCUT2D eigenvalue weighted by molar-refractivity contribution is -0.186. The summed E-state index contributed by atoms with van der Waals surface area (Å²) in [6.07, 6.45) is 2.00. The molecule has 5 heterocycles. The number of ether oxygens (including phenoxy) is 1. The second-order valence-electron chi connectivity index (χ2n) is 12.9. The van der Waals surface area contributed by atoms with E-state index in [1.54, 1.807) is 33.8 Å². The number of carbonyl (C=O) groups excluding carboxylic acids is 5. The van der Waals surface area contributed by atoms with Crippen LogP contribution in [-0.2, 0) is 14.3 Å². The van der Waals surface area contributed by atoms with Crippen molar-refractivity contribution in [3.05, 3.63) is 69.5 Å². The maximum atomic E-state index is 13.8. The molecule has 1 aromatic carbocycles. The molecule has 6 bridgehead atoms. The molecular formula is C35H41NO11. The topological polar surface area (TPSA) is 208 Å². The zero-order chi connectivity index (χ0) is 35.2. The fraction of sp³-hybridized carbons (Fsp3) is 0.457. The number of hydrogen-bond acceptors (Lipinski definition) is 11. The Morgan fingerprint density at radius 2 is 1.30 bits per heavy atom. The summed E-state index contributed by atoms with van der Waals surface area (Å²) in [7, 11) is 0. The molecule has 6 N–H and O–H groups in total. The normalized spacial score (nSPS) is 35.3. The van der Waals surface area contributed by atoms with E-state index in [2.05, 4.69) is 5.32 Å². The van der Waals surface area contributed by atoms with Crippen molar-refractivity contribution in [3.63, 3.8) is 0 Å². The van der Waals surface area contributed by atoms with Crippen molar-refractivity contribution in [1.82, 2.24) is 5.32 Å². The highest BCUT2D eigenvalue weighted by Crippen LogP contribution is 2.42. The van der Waals surface area contributed by atoms with Crippen LogP contribution in [0.4, 0.5) is 0 Å². The van der Waals surface area contributed by atoms with Crippen LogP contribution >= 0.6 is 0 Å². The minimum atomic E-state index is -1.36. The number of Topliss-reactive ketones (excluding diaryl/α,β-unsaturated/α-hetero) is 2. The van der Waals surface area contributed by atoms with Gasteiger partial charge in [-0.3, -0.25) is 24.0 Å². The molecule has 1 aliphatic carbocycles. The maximum Gasteiger partial charge on any atom is 0.315 e. The number of esters is 1. The highest BCUT2D eigenvalue weighted by molar-refractivity contribution is 6.31. The molecule has 0 saturated carbocycles. The minimum Gasteiger partial charge on any atom is -0.507 e. The SMILES string of the molecule is C/C1=C/C=C/[C@H](C)[C@H](O)[C@@H](C)[C@@H](O)[C@@H](C)[C@H]2OC(=O)C(/C=C(/C)C(=O)c3c(O)c(C)c(O)c4c3C(=O)C=C(NC1=O)C4=O)[C@H](O)[C@H]2C. The van der Waals surface area contributed by atoms with Crippen molar-refractivity contribution in [2.24, 2.45) is 29.6 Å². The van der Waals surface area contributed by atoms with Gasteiger partial charge in [-0.15, -0.1) is 0 Å². The van der Waals surface area contributed by atoms with Crippen LogP contribution in [0.1, 0.15) is 78.2 Å². The fourth-order valence-corrected chi connectivity index (χ4v) is 6.45. The number of phenolic OH excluding ortho intramolecular Hbond substituents is 2. The lowest BCUT2D eigenvalue weighted by Crippen LogP contribution is -2.53. The molecule has 7 rings (SSSR count). The molecule has 1 unspecified atom stereocenters. The van der Waals surface area contributed by atoms with Crippen LogP contribution in [0.5, 0.6) is 11.5 Å². The first-order valence-electron chi connectivity index (χ1n) is 15.4. The van der Waals surface area contributed by atoms with Crippen LogP contribution in [0.25, 0.3) is 0 Å². The number of aliphatic hydroxyl groups is 3. The lowest BCUT2D eigenvalue weighted by atomic mass is 9.75. The first-order valence-corrected chi connectivity index (χ1v) is 15.4. The van der Waals surface area contributed by atoms with Gasteiger partial charge < -0.3 is 35.6 Å². The first-order chi connectivity index (χ1) is 21.9. The van der Waals surface area contributed by atoms with Gasteiger partial charge in [0.2, 0.25) is 5.78 Å². The Labute approximate surface area is 272 Å². The predicted molar refractivity (Wildman–Crippen MR) is 168 cm³/mol. The molecule has 12 nitrogen and oxygen atoms in total. The monoisotopic (exact) mass is 651 g/mol. The van der Waals surface area contributed by atoms with E-state index in [9.17, 15) is 49.5 Å². The number of aromatic hydroxyl groups is 2. The van der Waals surface area contributed by atoms with Gasteiger partial charge in [-0.2, -0.15) is 0 Å². The van der Waals surface area contributed by atoms with E-state index >= 15 is 0 Å². The van der Waals surface area contributed by atoms with Gasteiger partial charge in [-0.05, 0) is 26.3 Å². The van der Waals surface area contributed by atoms with Gasteiger partial charge in [0.15, 0.2) is 11.6 Å². The van der Waals surface area contributed by atoms with E-state index in [4.69, 9.17) is 4.74 Å². The van der Waals surface area contributed by atoms with Crippen molar-refractivity contribution in [3.8, 4) is 11.5 Å². The van der Waals surface area contributed by atoms with E-state index in [0.29, 0.717) is 0 Å². The number of nitrogens with one attached hydrogen (secondary N) is 1. The third-order valence-electron chi connectivity index (χ3n) is 9.68. The Morgan fingerprint density at radius 1 is 0.723 bits per heavy atom. The molecule has 0 aromatic heterocycles. The third-order valence-corrected chi connectivity index (χ3v) is 9.68. The van der Waals surface area contributed by atoms with E-state index in [1.165, 1.54) is 32.9 Å². The van der Waals surface area contributed by atoms with Gasteiger partial charge in [0.25, 0.3) is 5.91 Å². The second-order valence-corrected chi connectivity index (χ2v) is 12.9. The van der Waals surface area contributed by atoms with Gasteiger partial charge in [0.1, 0.15) is 23.5 Å².